The summed E-state index contributed by atoms with van der Waals surface area (Å²) in [4.78, 5) is 0. The molecule has 0 bridgehead atoms. The van der Waals surface area contributed by atoms with Crippen molar-refractivity contribution >= 4 is 0 Å². The van der Waals surface area contributed by atoms with Crippen molar-refractivity contribution < 1.29 is 35.0 Å². The van der Waals surface area contributed by atoms with Gasteiger partial charge in [0.15, 0.2) is 6.29 Å². The van der Waals surface area contributed by atoms with Crippen LogP contribution in [0.3, 0.4) is 0 Å². The molecule has 1 saturated heterocycles. The van der Waals surface area contributed by atoms with Crippen LogP contribution in [0.2, 0.25) is 0 Å². The SMILES string of the molecule is CCC(CCOC1OC(CO)C(O)C(O)C1O)C(C)(C)O. The fourth-order valence-corrected chi connectivity index (χ4v) is 2.59. The maximum absolute atomic E-state index is 9.98. The minimum atomic E-state index is -1.43. The molecule has 6 atom stereocenters. The maximum atomic E-state index is 9.98. The van der Waals surface area contributed by atoms with Crippen molar-refractivity contribution in [2.75, 3.05) is 13.2 Å². The van der Waals surface area contributed by atoms with Crippen LogP contribution in [0, 0.1) is 5.92 Å². The number of aliphatic hydroxyl groups is 5. The molecule has 1 rings (SSSR count). The maximum Gasteiger partial charge on any atom is 0.186 e. The molecule has 0 amide bonds. The van der Waals surface area contributed by atoms with Gasteiger partial charge in [-0.2, -0.15) is 0 Å². The summed E-state index contributed by atoms with van der Waals surface area (Å²) in [6.07, 6.45) is -4.94. The number of hydrogen-bond acceptors (Lipinski definition) is 7. The fourth-order valence-electron chi connectivity index (χ4n) is 2.59. The van der Waals surface area contributed by atoms with Crippen LogP contribution in [0.1, 0.15) is 33.6 Å². The molecule has 0 aromatic carbocycles. The lowest BCUT2D eigenvalue weighted by Crippen LogP contribution is -2.59. The molecule has 0 radical (unpaired) electrons. The first kappa shape index (κ1) is 18.8. The highest BCUT2D eigenvalue weighted by molar-refractivity contribution is 4.89. The molecule has 0 aliphatic carbocycles. The first-order chi connectivity index (χ1) is 9.72. The topological polar surface area (TPSA) is 120 Å². The summed E-state index contributed by atoms with van der Waals surface area (Å²) < 4.78 is 10.6. The minimum absolute atomic E-state index is 0.0300. The quantitative estimate of drug-likeness (QED) is 0.409. The van der Waals surface area contributed by atoms with Gasteiger partial charge < -0.3 is 35.0 Å². The van der Waals surface area contributed by atoms with Gasteiger partial charge in [0, 0.05) is 0 Å². The van der Waals surface area contributed by atoms with E-state index in [0.717, 1.165) is 6.42 Å². The van der Waals surface area contributed by atoms with Crippen molar-refractivity contribution in [2.24, 2.45) is 5.92 Å². The Kier molecular flexibility index (Phi) is 6.99. The Morgan fingerprint density at radius 2 is 1.76 bits per heavy atom. The number of ether oxygens (including phenoxy) is 2. The highest BCUT2D eigenvalue weighted by Crippen LogP contribution is 2.25. The summed E-state index contributed by atoms with van der Waals surface area (Å²) in [5.41, 5.74) is -0.826. The lowest BCUT2D eigenvalue weighted by Gasteiger charge is -2.39. The third-order valence-corrected chi connectivity index (χ3v) is 4.09. The summed E-state index contributed by atoms with van der Waals surface area (Å²) in [5.74, 6) is 0.0300. The van der Waals surface area contributed by atoms with E-state index in [2.05, 4.69) is 0 Å². The molecule has 21 heavy (non-hydrogen) atoms. The Labute approximate surface area is 125 Å². The van der Waals surface area contributed by atoms with Gasteiger partial charge in [-0.05, 0) is 26.2 Å². The van der Waals surface area contributed by atoms with E-state index < -0.39 is 42.9 Å². The van der Waals surface area contributed by atoms with Crippen LogP contribution >= 0.6 is 0 Å². The van der Waals surface area contributed by atoms with E-state index >= 15 is 0 Å². The first-order valence-corrected chi connectivity index (χ1v) is 7.36. The predicted octanol–water partition coefficient (Wildman–Crippen LogP) is -1.01. The third kappa shape index (κ3) is 4.85. The second kappa shape index (κ2) is 7.82. The standard InChI is InChI=1S/C14H28O7/c1-4-8(14(2,3)19)5-6-20-13-12(18)11(17)10(16)9(7-15)21-13/h8-13,15-19H,4-7H2,1-3H3. The van der Waals surface area contributed by atoms with Crippen molar-refractivity contribution in [1.29, 1.82) is 0 Å². The number of aliphatic hydroxyl groups excluding tert-OH is 4. The van der Waals surface area contributed by atoms with Gasteiger partial charge in [-0.1, -0.05) is 13.3 Å². The van der Waals surface area contributed by atoms with E-state index in [0.29, 0.717) is 6.42 Å². The lowest BCUT2D eigenvalue weighted by atomic mass is 9.86. The fraction of sp³-hybridized carbons (Fsp3) is 1.00. The van der Waals surface area contributed by atoms with Crippen LogP contribution in [-0.4, -0.2) is 75.1 Å². The van der Waals surface area contributed by atoms with E-state index in [1.54, 1.807) is 13.8 Å². The molecule has 0 spiro atoms. The van der Waals surface area contributed by atoms with E-state index in [-0.39, 0.29) is 12.5 Å². The van der Waals surface area contributed by atoms with Crippen LogP contribution in [0.15, 0.2) is 0 Å². The zero-order chi connectivity index (χ0) is 16.2. The van der Waals surface area contributed by atoms with E-state index in [4.69, 9.17) is 14.6 Å². The molecule has 7 heteroatoms. The molecule has 0 aromatic heterocycles. The smallest absolute Gasteiger partial charge is 0.186 e. The second-order valence-electron chi connectivity index (χ2n) is 6.12. The molecule has 1 fully saturated rings. The largest absolute Gasteiger partial charge is 0.394 e. The first-order valence-electron chi connectivity index (χ1n) is 7.36. The monoisotopic (exact) mass is 308 g/mol. The van der Waals surface area contributed by atoms with Gasteiger partial charge in [0.25, 0.3) is 0 Å². The number of rotatable bonds is 7. The minimum Gasteiger partial charge on any atom is -0.394 e. The molecule has 5 N–H and O–H groups in total. The molecule has 126 valence electrons. The summed E-state index contributed by atoms with van der Waals surface area (Å²) in [6.45, 7) is 5.18. The molecule has 0 saturated carbocycles. The van der Waals surface area contributed by atoms with Crippen molar-refractivity contribution in [3.63, 3.8) is 0 Å². The van der Waals surface area contributed by atoms with Gasteiger partial charge in [-0.25, -0.2) is 0 Å². The molecular weight excluding hydrogens is 280 g/mol. The van der Waals surface area contributed by atoms with Crippen LogP contribution in [0.4, 0.5) is 0 Å². The van der Waals surface area contributed by atoms with Gasteiger partial charge >= 0.3 is 0 Å². The van der Waals surface area contributed by atoms with Crippen LogP contribution in [0.25, 0.3) is 0 Å². The van der Waals surface area contributed by atoms with Crippen LogP contribution in [0.5, 0.6) is 0 Å². The number of hydrogen-bond donors (Lipinski definition) is 5. The summed E-state index contributed by atoms with van der Waals surface area (Å²) in [6, 6.07) is 0. The Morgan fingerprint density at radius 1 is 1.14 bits per heavy atom. The highest BCUT2D eigenvalue weighted by Gasteiger charge is 2.44. The molecule has 0 aromatic rings. The third-order valence-electron chi connectivity index (χ3n) is 4.09. The van der Waals surface area contributed by atoms with Gasteiger partial charge in [0.05, 0.1) is 18.8 Å². The van der Waals surface area contributed by atoms with Crippen LogP contribution in [-0.2, 0) is 9.47 Å². The van der Waals surface area contributed by atoms with E-state index in [9.17, 15) is 20.4 Å². The molecule has 1 heterocycles. The van der Waals surface area contributed by atoms with Crippen molar-refractivity contribution in [1.82, 2.24) is 0 Å². The second-order valence-corrected chi connectivity index (χ2v) is 6.12. The zero-order valence-electron chi connectivity index (χ0n) is 12.8. The van der Waals surface area contributed by atoms with Gasteiger partial charge in [-0.15, -0.1) is 0 Å². The van der Waals surface area contributed by atoms with Gasteiger partial charge in [-0.3, -0.25) is 0 Å². The molecule has 7 nitrogen and oxygen atoms in total. The van der Waals surface area contributed by atoms with Crippen molar-refractivity contribution in [3.8, 4) is 0 Å². The van der Waals surface area contributed by atoms with E-state index in [1.807, 2.05) is 6.92 Å². The Balaban J connectivity index is 2.50. The summed E-state index contributed by atoms with van der Waals surface area (Å²) in [7, 11) is 0. The van der Waals surface area contributed by atoms with Gasteiger partial charge in [0.2, 0.25) is 0 Å². The molecule has 1 aliphatic heterocycles. The Hall–Kier alpha value is -0.280. The molecule has 1 aliphatic rings. The van der Waals surface area contributed by atoms with Gasteiger partial charge in [0.1, 0.15) is 24.4 Å². The van der Waals surface area contributed by atoms with Crippen molar-refractivity contribution in [2.45, 2.75) is 69.9 Å². The predicted molar refractivity (Wildman–Crippen MR) is 74.4 cm³/mol. The average molecular weight is 308 g/mol. The summed E-state index contributed by atoms with van der Waals surface area (Å²) in [5, 5.41) is 48.2. The molecule has 6 unspecified atom stereocenters. The van der Waals surface area contributed by atoms with Crippen LogP contribution < -0.4 is 0 Å². The van der Waals surface area contributed by atoms with Crippen molar-refractivity contribution in [3.05, 3.63) is 0 Å². The normalized spacial score (nSPS) is 35.7. The molecular formula is C14H28O7. The summed E-state index contributed by atoms with van der Waals surface area (Å²) >= 11 is 0. The zero-order valence-corrected chi connectivity index (χ0v) is 12.8. The Morgan fingerprint density at radius 3 is 2.24 bits per heavy atom. The lowest BCUT2D eigenvalue weighted by molar-refractivity contribution is -0.301. The highest BCUT2D eigenvalue weighted by atomic mass is 16.7. The van der Waals surface area contributed by atoms with E-state index in [1.165, 1.54) is 0 Å². The average Bonchev–Trinajstić information content (AvgIpc) is 2.41. The Bertz CT molecular complexity index is 302.